The molecule has 4 nitrogen and oxygen atoms in total. The summed E-state index contributed by atoms with van der Waals surface area (Å²) in [5.41, 5.74) is 6.87. The van der Waals surface area contributed by atoms with E-state index in [4.69, 9.17) is 5.73 Å². The van der Waals surface area contributed by atoms with Gasteiger partial charge in [0, 0.05) is 24.7 Å². The molecule has 1 aliphatic carbocycles. The highest BCUT2D eigenvalue weighted by Gasteiger charge is 2.26. The van der Waals surface area contributed by atoms with Crippen LogP contribution < -0.4 is 5.73 Å². The Hall–Kier alpha value is -1.16. The van der Waals surface area contributed by atoms with Gasteiger partial charge in [0.25, 0.3) is 0 Å². The average molecular weight is 235 g/mol. The van der Waals surface area contributed by atoms with E-state index in [0.29, 0.717) is 0 Å². The van der Waals surface area contributed by atoms with Crippen molar-refractivity contribution in [2.24, 2.45) is 18.7 Å². The first kappa shape index (κ1) is 12.3. The molecule has 1 heterocycles. The average Bonchev–Trinajstić information content (AvgIpc) is 2.60. The number of hydrogen-bond acceptors (Lipinski definition) is 3. The van der Waals surface area contributed by atoms with E-state index in [-0.39, 0.29) is 11.7 Å². The lowest BCUT2D eigenvalue weighted by atomic mass is 9.89. The number of hydrogen-bond donors (Lipinski definition) is 1. The van der Waals surface area contributed by atoms with Crippen molar-refractivity contribution in [3.63, 3.8) is 0 Å². The van der Waals surface area contributed by atoms with Gasteiger partial charge in [0.1, 0.15) is 0 Å². The SMILES string of the molecule is Cn1cc(C(N)C(=O)C2CCCCCC2)cn1. The van der Waals surface area contributed by atoms with Crippen molar-refractivity contribution < 1.29 is 4.79 Å². The lowest BCUT2D eigenvalue weighted by Gasteiger charge is -2.17. The van der Waals surface area contributed by atoms with E-state index in [9.17, 15) is 4.79 Å². The molecule has 0 aromatic carbocycles. The van der Waals surface area contributed by atoms with Gasteiger partial charge in [-0.2, -0.15) is 5.10 Å². The molecular weight excluding hydrogens is 214 g/mol. The van der Waals surface area contributed by atoms with Crippen LogP contribution >= 0.6 is 0 Å². The molecule has 0 radical (unpaired) electrons. The van der Waals surface area contributed by atoms with Crippen molar-refractivity contribution in [2.75, 3.05) is 0 Å². The highest BCUT2D eigenvalue weighted by Crippen LogP contribution is 2.27. The normalized spacial score (nSPS) is 19.9. The smallest absolute Gasteiger partial charge is 0.157 e. The number of nitrogens with zero attached hydrogens (tertiary/aromatic N) is 2. The third-order valence-electron chi connectivity index (χ3n) is 3.65. The van der Waals surface area contributed by atoms with Gasteiger partial charge in [0.15, 0.2) is 5.78 Å². The van der Waals surface area contributed by atoms with Crippen molar-refractivity contribution in [2.45, 2.75) is 44.6 Å². The topological polar surface area (TPSA) is 60.9 Å². The third kappa shape index (κ3) is 2.94. The standard InChI is InChI=1S/C13H21N3O/c1-16-9-11(8-15-16)12(14)13(17)10-6-4-2-3-5-7-10/h8-10,12H,2-7,14H2,1H3. The fourth-order valence-corrected chi connectivity index (χ4v) is 2.58. The number of aryl methyl sites for hydroxylation is 1. The molecule has 2 N–H and O–H groups in total. The summed E-state index contributed by atoms with van der Waals surface area (Å²) in [5.74, 6) is 0.354. The van der Waals surface area contributed by atoms with Crippen LogP contribution in [0.3, 0.4) is 0 Å². The number of aromatic nitrogens is 2. The predicted molar refractivity (Wildman–Crippen MR) is 66.3 cm³/mol. The maximum absolute atomic E-state index is 12.3. The van der Waals surface area contributed by atoms with E-state index in [2.05, 4.69) is 5.10 Å². The van der Waals surface area contributed by atoms with E-state index in [0.717, 1.165) is 31.2 Å². The van der Waals surface area contributed by atoms with E-state index >= 15 is 0 Å². The Bertz CT molecular complexity index is 378. The van der Waals surface area contributed by atoms with Gasteiger partial charge in [-0.3, -0.25) is 9.48 Å². The van der Waals surface area contributed by atoms with Gasteiger partial charge in [-0.05, 0) is 12.8 Å². The molecule has 94 valence electrons. The zero-order valence-corrected chi connectivity index (χ0v) is 10.4. The minimum atomic E-state index is -0.494. The molecule has 0 aliphatic heterocycles. The maximum Gasteiger partial charge on any atom is 0.157 e. The van der Waals surface area contributed by atoms with Gasteiger partial charge < -0.3 is 5.73 Å². The molecule has 1 aliphatic rings. The summed E-state index contributed by atoms with van der Waals surface area (Å²) >= 11 is 0. The third-order valence-corrected chi connectivity index (χ3v) is 3.65. The van der Waals surface area contributed by atoms with Crippen molar-refractivity contribution >= 4 is 5.78 Å². The van der Waals surface area contributed by atoms with Crippen LogP contribution in [0.1, 0.15) is 50.1 Å². The molecule has 1 unspecified atom stereocenters. The van der Waals surface area contributed by atoms with Crippen LogP contribution in [-0.4, -0.2) is 15.6 Å². The summed E-state index contributed by atoms with van der Waals surface area (Å²) in [6.07, 6.45) is 10.4. The summed E-state index contributed by atoms with van der Waals surface area (Å²) in [4.78, 5) is 12.3. The number of carbonyl (C=O) groups is 1. The Morgan fingerprint density at radius 3 is 2.59 bits per heavy atom. The first-order valence-corrected chi connectivity index (χ1v) is 6.46. The second-order valence-electron chi connectivity index (χ2n) is 5.02. The first-order valence-electron chi connectivity index (χ1n) is 6.46. The van der Waals surface area contributed by atoms with Crippen LogP contribution in [0.2, 0.25) is 0 Å². The summed E-state index contributed by atoms with van der Waals surface area (Å²) < 4.78 is 1.69. The van der Waals surface area contributed by atoms with Crippen LogP contribution in [0.15, 0.2) is 12.4 Å². The lowest BCUT2D eigenvalue weighted by Crippen LogP contribution is -2.27. The van der Waals surface area contributed by atoms with Crippen LogP contribution in [0.25, 0.3) is 0 Å². The Kier molecular flexibility index (Phi) is 3.94. The van der Waals surface area contributed by atoms with Crippen molar-refractivity contribution in [3.05, 3.63) is 18.0 Å². The molecule has 1 aromatic heterocycles. The molecule has 1 aromatic rings. The molecule has 1 atom stereocenters. The molecule has 0 amide bonds. The van der Waals surface area contributed by atoms with Crippen LogP contribution in [-0.2, 0) is 11.8 Å². The van der Waals surface area contributed by atoms with Gasteiger partial charge in [0.05, 0.1) is 12.2 Å². The monoisotopic (exact) mass is 235 g/mol. The van der Waals surface area contributed by atoms with E-state index in [1.54, 1.807) is 10.9 Å². The Labute approximate surface area is 102 Å². The second kappa shape index (κ2) is 5.45. The molecule has 1 fully saturated rings. The van der Waals surface area contributed by atoms with Gasteiger partial charge in [-0.1, -0.05) is 25.7 Å². The maximum atomic E-state index is 12.3. The van der Waals surface area contributed by atoms with Crippen molar-refractivity contribution in [1.29, 1.82) is 0 Å². The minimum absolute atomic E-state index is 0.160. The number of carbonyl (C=O) groups excluding carboxylic acids is 1. The molecule has 4 heteroatoms. The largest absolute Gasteiger partial charge is 0.318 e. The minimum Gasteiger partial charge on any atom is -0.318 e. The molecule has 0 bridgehead atoms. The van der Waals surface area contributed by atoms with Crippen LogP contribution in [0.4, 0.5) is 0 Å². The van der Waals surface area contributed by atoms with Gasteiger partial charge in [-0.15, -0.1) is 0 Å². The number of rotatable bonds is 3. The van der Waals surface area contributed by atoms with Gasteiger partial charge >= 0.3 is 0 Å². The Morgan fingerprint density at radius 2 is 2.06 bits per heavy atom. The molecule has 17 heavy (non-hydrogen) atoms. The van der Waals surface area contributed by atoms with Crippen molar-refractivity contribution in [3.8, 4) is 0 Å². The number of Topliss-reactive ketones (excluding diaryl/α,β-unsaturated/α-hetero) is 1. The fourth-order valence-electron chi connectivity index (χ4n) is 2.58. The van der Waals surface area contributed by atoms with Crippen LogP contribution in [0.5, 0.6) is 0 Å². The molecule has 2 rings (SSSR count). The fraction of sp³-hybridized carbons (Fsp3) is 0.692. The highest BCUT2D eigenvalue weighted by molar-refractivity contribution is 5.87. The summed E-state index contributed by atoms with van der Waals surface area (Å²) in [6, 6.07) is -0.494. The zero-order chi connectivity index (χ0) is 12.3. The van der Waals surface area contributed by atoms with Crippen LogP contribution in [0, 0.1) is 5.92 Å². The summed E-state index contributed by atoms with van der Waals surface area (Å²) in [7, 11) is 1.84. The Balaban J connectivity index is 2.03. The lowest BCUT2D eigenvalue weighted by molar-refractivity contribution is -0.124. The first-order chi connectivity index (χ1) is 8.18. The zero-order valence-electron chi connectivity index (χ0n) is 10.4. The Morgan fingerprint density at radius 1 is 1.41 bits per heavy atom. The van der Waals surface area contributed by atoms with E-state index < -0.39 is 6.04 Å². The van der Waals surface area contributed by atoms with Gasteiger partial charge in [0.2, 0.25) is 0 Å². The molecule has 0 saturated heterocycles. The highest BCUT2D eigenvalue weighted by atomic mass is 16.1. The summed E-state index contributed by atoms with van der Waals surface area (Å²) in [6.45, 7) is 0. The van der Waals surface area contributed by atoms with Crippen molar-refractivity contribution in [1.82, 2.24) is 9.78 Å². The molecular formula is C13H21N3O. The van der Waals surface area contributed by atoms with E-state index in [1.807, 2.05) is 13.2 Å². The van der Waals surface area contributed by atoms with Gasteiger partial charge in [-0.25, -0.2) is 0 Å². The summed E-state index contributed by atoms with van der Waals surface area (Å²) in [5, 5.41) is 4.07. The molecule has 1 saturated carbocycles. The second-order valence-corrected chi connectivity index (χ2v) is 5.02. The number of ketones is 1. The predicted octanol–water partition coefficient (Wildman–Crippen LogP) is 1.96. The number of nitrogens with two attached hydrogens (primary N) is 1. The quantitative estimate of drug-likeness (QED) is 0.815. The van der Waals surface area contributed by atoms with E-state index in [1.165, 1.54) is 12.8 Å². The molecule has 0 spiro atoms.